The molecule has 0 spiro atoms. The lowest BCUT2D eigenvalue weighted by Crippen LogP contribution is -2.55. The van der Waals surface area contributed by atoms with E-state index in [2.05, 4.69) is 124 Å². The van der Waals surface area contributed by atoms with Gasteiger partial charge in [0.25, 0.3) is 0 Å². The Hall–Kier alpha value is -4.84. The Morgan fingerprint density at radius 3 is 1.95 bits per heavy atom. The van der Waals surface area contributed by atoms with Crippen LogP contribution in [0.3, 0.4) is 0 Å². The second kappa shape index (κ2) is 7.20. The zero-order valence-electron chi connectivity index (χ0n) is 22.8. The minimum absolute atomic E-state index is 0.0917. The van der Waals surface area contributed by atoms with Crippen LogP contribution < -0.4 is 10.9 Å². The largest absolute Gasteiger partial charge is 0.374 e. The predicted molar refractivity (Wildman–Crippen MR) is 188 cm³/mol. The average Bonchev–Trinajstić information content (AvgIpc) is 3.79. The molecule has 5 heteroatoms. The van der Waals surface area contributed by atoms with E-state index >= 15 is 0 Å². The van der Waals surface area contributed by atoms with Gasteiger partial charge in [0.2, 0.25) is 0 Å². The fourth-order valence-corrected chi connectivity index (χ4v) is 11.0. The second-order valence-corrected chi connectivity index (χ2v) is 14.1. The SMILES string of the molecule is c1ccc2c3c4c(cc2c1)-n1c2c(cccc2c2sc5ccccc5c21)B4n1c2c-3cccc2c2sc3ccccc3c21. The fourth-order valence-electron chi connectivity index (χ4n) is 8.54. The molecule has 10 aromatic rings. The van der Waals surface area contributed by atoms with Gasteiger partial charge in [-0.1, -0.05) is 97.1 Å². The normalized spacial score (nSPS) is 13.5. The number of para-hydroxylation sites is 2. The molecule has 6 heterocycles. The van der Waals surface area contributed by atoms with Crippen molar-refractivity contribution in [1.29, 1.82) is 0 Å². The summed E-state index contributed by atoms with van der Waals surface area (Å²) in [4.78, 5) is 0. The maximum Gasteiger partial charge on any atom is 0.333 e. The van der Waals surface area contributed by atoms with Crippen molar-refractivity contribution in [3.63, 3.8) is 0 Å². The maximum absolute atomic E-state index is 2.72. The predicted octanol–water partition coefficient (Wildman–Crippen LogP) is 9.42. The summed E-state index contributed by atoms with van der Waals surface area (Å²) in [6, 6.07) is 43.4. The molecule has 0 bridgehead atoms. The molecule has 6 aromatic carbocycles. The van der Waals surface area contributed by atoms with Gasteiger partial charge in [0, 0.05) is 47.7 Å². The van der Waals surface area contributed by atoms with E-state index in [1.165, 1.54) is 101 Å². The molecule has 4 aromatic heterocycles. The second-order valence-electron chi connectivity index (χ2n) is 12.0. The number of hydrogen-bond donors (Lipinski definition) is 0. The van der Waals surface area contributed by atoms with Gasteiger partial charge in [0.05, 0.1) is 25.9 Å². The third-order valence-corrected chi connectivity index (χ3v) is 12.5. The van der Waals surface area contributed by atoms with Crippen molar-refractivity contribution >= 4 is 114 Å². The molecule has 0 amide bonds. The number of hydrogen-bond acceptors (Lipinski definition) is 2. The fraction of sp³-hybridized carbons (Fsp3) is 0. The molecule has 0 unspecified atom stereocenters. The Balaban J connectivity index is 1.41. The van der Waals surface area contributed by atoms with Crippen molar-refractivity contribution in [1.82, 2.24) is 9.05 Å². The van der Waals surface area contributed by atoms with Crippen molar-refractivity contribution in [3.05, 3.63) is 115 Å². The van der Waals surface area contributed by atoms with Gasteiger partial charge in [-0.15, -0.1) is 22.7 Å². The molecule has 2 aliphatic rings. The van der Waals surface area contributed by atoms with Crippen molar-refractivity contribution in [2.75, 3.05) is 0 Å². The smallest absolute Gasteiger partial charge is 0.333 e. The third-order valence-electron chi connectivity index (χ3n) is 10.1. The summed E-state index contributed by atoms with van der Waals surface area (Å²) < 4.78 is 10.8. The molecule has 0 aliphatic carbocycles. The summed E-state index contributed by atoms with van der Waals surface area (Å²) >= 11 is 3.88. The number of rotatable bonds is 0. The summed E-state index contributed by atoms with van der Waals surface area (Å²) in [5.41, 5.74) is 12.4. The number of aromatic nitrogens is 2. The van der Waals surface area contributed by atoms with E-state index in [1.54, 1.807) is 0 Å². The lowest BCUT2D eigenvalue weighted by atomic mass is 9.45. The number of nitrogens with zero attached hydrogens (tertiary/aromatic N) is 2. The van der Waals surface area contributed by atoms with Crippen LogP contribution in [0.25, 0.3) is 90.0 Å². The van der Waals surface area contributed by atoms with Gasteiger partial charge >= 0.3 is 6.85 Å². The van der Waals surface area contributed by atoms with Crippen molar-refractivity contribution in [3.8, 4) is 16.8 Å². The molecule has 43 heavy (non-hydrogen) atoms. The monoisotopic (exact) mass is 578 g/mol. The quantitative estimate of drug-likeness (QED) is 0.159. The Morgan fingerprint density at radius 1 is 0.512 bits per heavy atom. The maximum atomic E-state index is 2.72. The molecular formula is C38H19BN2S2. The zero-order chi connectivity index (χ0) is 27.6. The van der Waals surface area contributed by atoms with Gasteiger partial charge in [0.1, 0.15) is 0 Å². The minimum atomic E-state index is 0.0917. The molecule has 0 atom stereocenters. The lowest BCUT2D eigenvalue weighted by Gasteiger charge is -2.34. The Morgan fingerprint density at radius 2 is 1.14 bits per heavy atom. The Kier molecular flexibility index (Phi) is 3.65. The van der Waals surface area contributed by atoms with E-state index in [4.69, 9.17) is 0 Å². The van der Waals surface area contributed by atoms with Crippen molar-refractivity contribution < 1.29 is 0 Å². The molecule has 0 radical (unpaired) electrons. The molecule has 0 saturated carbocycles. The summed E-state index contributed by atoms with van der Waals surface area (Å²) in [5.74, 6) is 0. The minimum Gasteiger partial charge on any atom is -0.374 e. The van der Waals surface area contributed by atoms with Crippen LogP contribution in [0.1, 0.15) is 0 Å². The summed E-state index contributed by atoms with van der Waals surface area (Å²) in [6.07, 6.45) is 0. The first-order chi connectivity index (χ1) is 21.4. The van der Waals surface area contributed by atoms with Crippen LogP contribution in [-0.2, 0) is 0 Å². The molecule has 0 saturated heterocycles. The van der Waals surface area contributed by atoms with E-state index < -0.39 is 0 Å². The number of thiophene rings is 2. The van der Waals surface area contributed by atoms with Gasteiger partial charge in [-0.3, -0.25) is 0 Å². The number of fused-ring (bicyclic) bond motifs is 16. The van der Waals surface area contributed by atoms with Crippen molar-refractivity contribution in [2.45, 2.75) is 0 Å². The third kappa shape index (κ3) is 2.34. The molecule has 2 nitrogen and oxygen atoms in total. The van der Waals surface area contributed by atoms with E-state index in [1.807, 2.05) is 22.7 Å². The van der Waals surface area contributed by atoms with Crippen molar-refractivity contribution in [2.24, 2.45) is 0 Å². The molecule has 0 fully saturated rings. The van der Waals surface area contributed by atoms with Gasteiger partial charge < -0.3 is 9.05 Å². The average molecular weight is 579 g/mol. The van der Waals surface area contributed by atoms with E-state index in [0.29, 0.717) is 0 Å². The highest BCUT2D eigenvalue weighted by atomic mass is 32.1. The topological polar surface area (TPSA) is 9.86 Å². The molecular weight excluding hydrogens is 559 g/mol. The first-order valence-electron chi connectivity index (χ1n) is 14.8. The highest BCUT2D eigenvalue weighted by molar-refractivity contribution is 7.27. The van der Waals surface area contributed by atoms with Crippen LogP contribution in [-0.4, -0.2) is 15.9 Å². The van der Waals surface area contributed by atoms with E-state index in [9.17, 15) is 0 Å². The van der Waals surface area contributed by atoms with Gasteiger partial charge in [0.15, 0.2) is 0 Å². The van der Waals surface area contributed by atoms with E-state index in [0.717, 1.165) is 0 Å². The van der Waals surface area contributed by atoms with Crippen LogP contribution in [0.15, 0.2) is 115 Å². The van der Waals surface area contributed by atoms with Crippen LogP contribution in [0, 0.1) is 0 Å². The first kappa shape index (κ1) is 21.8. The van der Waals surface area contributed by atoms with Gasteiger partial charge in [-0.25, -0.2) is 0 Å². The molecule has 2 aliphatic heterocycles. The highest BCUT2D eigenvalue weighted by Crippen LogP contribution is 2.49. The highest BCUT2D eigenvalue weighted by Gasteiger charge is 2.42. The summed E-state index contributed by atoms with van der Waals surface area (Å²) in [6.45, 7) is 0.0917. The van der Waals surface area contributed by atoms with Gasteiger partial charge in [-0.05, 0) is 45.5 Å². The standard InChI is InChI=1S/C38H19BN2S2/c1-2-10-21-20(9-1)19-28-32-31(21)24-13-7-14-25-33(24)41(36-23-12-4-6-18-30(23)43-38(25)36)39(32)27-16-8-15-26-34(27)40(28)35-22-11-3-5-17-29(22)42-37(26)35/h1-19H. The number of benzene rings is 6. The molecule has 0 N–H and O–H groups in total. The summed E-state index contributed by atoms with van der Waals surface area (Å²) in [7, 11) is 0. The lowest BCUT2D eigenvalue weighted by molar-refractivity contribution is 1.19. The van der Waals surface area contributed by atoms with Crippen LogP contribution in [0.2, 0.25) is 0 Å². The van der Waals surface area contributed by atoms with Crippen LogP contribution in [0.5, 0.6) is 0 Å². The molecule has 12 rings (SSSR count). The Labute approximate surface area is 253 Å². The van der Waals surface area contributed by atoms with E-state index in [-0.39, 0.29) is 6.85 Å². The zero-order valence-corrected chi connectivity index (χ0v) is 24.4. The Bertz CT molecular complexity index is 2910. The van der Waals surface area contributed by atoms with Crippen LogP contribution in [0.4, 0.5) is 0 Å². The molecule has 196 valence electrons. The van der Waals surface area contributed by atoms with Gasteiger partial charge in [-0.2, -0.15) is 0 Å². The summed E-state index contributed by atoms with van der Waals surface area (Å²) in [5, 5.41) is 8.07. The first-order valence-corrected chi connectivity index (χ1v) is 16.5. The van der Waals surface area contributed by atoms with Crippen LogP contribution >= 0.6 is 22.7 Å².